The van der Waals surface area contributed by atoms with E-state index in [9.17, 15) is 4.79 Å². The molecule has 0 saturated carbocycles. The topological polar surface area (TPSA) is 21.5 Å². The van der Waals surface area contributed by atoms with E-state index in [1.165, 1.54) is 5.56 Å². The van der Waals surface area contributed by atoms with E-state index in [0.717, 1.165) is 34.9 Å². The van der Waals surface area contributed by atoms with E-state index >= 15 is 0 Å². The average molecular weight is 263 g/mol. The van der Waals surface area contributed by atoms with Gasteiger partial charge in [0.25, 0.3) is 0 Å². The summed E-state index contributed by atoms with van der Waals surface area (Å²) in [5, 5.41) is 0. The predicted molar refractivity (Wildman–Crippen MR) is 82.3 cm³/mol. The Morgan fingerprint density at radius 2 is 1.85 bits per heavy atom. The number of carbonyl (C=O) groups excluding carboxylic acids is 1. The lowest BCUT2D eigenvalue weighted by Gasteiger charge is -2.03. The molecule has 3 aromatic rings. The van der Waals surface area contributed by atoms with Crippen LogP contribution >= 0.6 is 0 Å². The first-order chi connectivity index (χ1) is 9.72. The molecular weight excluding hydrogens is 246 g/mol. The summed E-state index contributed by atoms with van der Waals surface area (Å²) < 4.78 is 1.96. The smallest absolute Gasteiger partial charge is 0.167 e. The van der Waals surface area contributed by atoms with Gasteiger partial charge in [-0.3, -0.25) is 4.79 Å². The number of aromatic nitrogens is 1. The minimum Gasteiger partial charge on any atom is -0.313 e. The largest absolute Gasteiger partial charge is 0.313 e. The molecule has 0 amide bonds. The van der Waals surface area contributed by atoms with Gasteiger partial charge in [0.1, 0.15) is 0 Å². The first kappa shape index (κ1) is 12.7. The summed E-state index contributed by atoms with van der Waals surface area (Å²) in [5.74, 6) is 0. The van der Waals surface area contributed by atoms with Crippen LogP contribution in [0.4, 0.5) is 0 Å². The summed E-state index contributed by atoms with van der Waals surface area (Å²) in [5.41, 5.74) is 6.30. The Hall–Kier alpha value is -2.35. The lowest BCUT2D eigenvalue weighted by atomic mass is 10.0. The van der Waals surface area contributed by atoms with Gasteiger partial charge in [-0.05, 0) is 42.2 Å². The van der Waals surface area contributed by atoms with Gasteiger partial charge < -0.3 is 4.40 Å². The fourth-order valence-electron chi connectivity index (χ4n) is 2.57. The number of hydrogen-bond acceptors (Lipinski definition) is 1. The van der Waals surface area contributed by atoms with Crippen LogP contribution in [0.1, 0.15) is 28.5 Å². The zero-order valence-corrected chi connectivity index (χ0v) is 11.8. The lowest BCUT2D eigenvalue weighted by Crippen LogP contribution is -1.93. The van der Waals surface area contributed by atoms with E-state index < -0.39 is 0 Å². The van der Waals surface area contributed by atoms with Crippen molar-refractivity contribution < 1.29 is 4.79 Å². The van der Waals surface area contributed by atoms with Crippen LogP contribution in [-0.4, -0.2) is 10.7 Å². The van der Waals surface area contributed by atoms with Crippen molar-refractivity contribution in [2.45, 2.75) is 20.3 Å². The van der Waals surface area contributed by atoms with Crippen molar-refractivity contribution in [3.05, 3.63) is 65.5 Å². The summed E-state index contributed by atoms with van der Waals surface area (Å²) >= 11 is 0. The van der Waals surface area contributed by atoms with Crippen LogP contribution in [0.3, 0.4) is 0 Å². The van der Waals surface area contributed by atoms with Gasteiger partial charge in [-0.25, -0.2) is 0 Å². The Morgan fingerprint density at radius 1 is 1.10 bits per heavy atom. The van der Waals surface area contributed by atoms with Gasteiger partial charge in [0.05, 0.1) is 5.69 Å². The first-order valence-electron chi connectivity index (χ1n) is 6.89. The maximum Gasteiger partial charge on any atom is 0.167 e. The third-order valence-electron chi connectivity index (χ3n) is 3.74. The quantitative estimate of drug-likeness (QED) is 0.646. The van der Waals surface area contributed by atoms with E-state index in [2.05, 4.69) is 43.3 Å². The summed E-state index contributed by atoms with van der Waals surface area (Å²) in [6.07, 6.45) is 3.97. The van der Waals surface area contributed by atoms with Crippen molar-refractivity contribution in [3.63, 3.8) is 0 Å². The van der Waals surface area contributed by atoms with Gasteiger partial charge in [-0.15, -0.1) is 0 Å². The van der Waals surface area contributed by atoms with E-state index in [4.69, 9.17) is 0 Å². The van der Waals surface area contributed by atoms with Crippen molar-refractivity contribution in [1.29, 1.82) is 0 Å². The highest BCUT2D eigenvalue weighted by Crippen LogP contribution is 2.27. The number of hydrogen-bond donors (Lipinski definition) is 0. The third kappa shape index (κ3) is 2.03. The molecule has 100 valence electrons. The molecule has 1 aromatic carbocycles. The Kier molecular flexibility index (Phi) is 3.15. The van der Waals surface area contributed by atoms with Gasteiger partial charge in [0, 0.05) is 17.3 Å². The van der Waals surface area contributed by atoms with E-state index in [-0.39, 0.29) is 0 Å². The highest BCUT2D eigenvalue weighted by Gasteiger charge is 2.11. The Labute approximate surface area is 118 Å². The molecule has 20 heavy (non-hydrogen) atoms. The number of nitrogens with zero attached hydrogens (tertiary/aromatic N) is 1. The fraction of sp³-hybridized carbons (Fsp3) is 0.167. The molecule has 2 heterocycles. The number of fused-ring (bicyclic) bond motifs is 1. The molecule has 3 rings (SSSR count). The van der Waals surface area contributed by atoms with Crippen molar-refractivity contribution in [2.24, 2.45) is 0 Å². The number of carbonyl (C=O) groups is 1. The normalized spacial score (nSPS) is 10.9. The van der Waals surface area contributed by atoms with Crippen LogP contribution in [0.25, 0.3) is 16.6 Å². The Morgan fingerprint density at radius 3 is 2.50 bits per heavy atom. The Balaban J connectivity index is 2.21. The molecule has 2 nitrogen and oxygen atoms in total. The molecule has 0 saturated heterocycles. The van der Waals surface area contributed by atoms with E-state index in [1.807, 2.05) is 23.6 Å². The second kappa shape index (κ2) is 4.97. The second-order valence-electron chi connectivity index (χ2n) is 5.11. The van der Waals surface area contributed by atoms with Gasteiger partial charge in [0.2, 0.25) is 0 Å². The fourth-order valence-corrected chi connectivity index (χ4v) is 2.57. The summed E-state index contributed by atoms with van der Waals surface area (Å²) in [6, 6.07) is 14.6. The predicted octanol–water partition coefficient (Wildman–Crippen LogP) is 4.29. The number of benzene rings is 1. The highest BCUT2D eigenvalue weighted by molar-refractivity contribution is 5.89. The zero-order valence-electron chi connectivity index (χ0n) is 11.8. The van der Waals surface area contributed by atoms with Crippen LogP contribution in [0, 0.1) is 6.92 Å². The molecule has 0 unspecified atom stereocenters. The van der Waals surface area contributed by atoms with Gasteiger partial charge in [0.15, 0.2) is 6.29 Å². The maximum absolute atomic E-state index is 11.5. The maximum atomic E-state index is 11.5. The van der Waals surface area contributed by atoms with E-state index in [1.54, 1.807) is 0 Å². The highest BCUT2D eigenvalue weighted by atomic mass is 16.1. The van der Waals surface area contributed by atoms with Crippen molar-refractivity contribution in [3.8, 4) is 11.1 Å². The number of aryl methyl sites for hydroxylation is 2. The molecule has 0 bridgehead atoms. The molecule has 0 atom stereocenters. The molecule has 0 N–H and O–H groups in total. The lowest BCUT2D eigenvalue weighted by molar-refractivity contribution is 0.111. The molecule has 0 radical (unpaired) electrons. The minimum atomic E-state index is 0.716. The number of aldehydes is 1. The second-order valence-corrected chi connectivity index (χ2v) is 5.11. The van der Waals surface area contributed by atoms with Crippen LogP contribution in [0.2, 0.25) is 0 Å². The minimum absolute atomic E-state index is 0.716. The summed E-state index contributed by atoms with van der Waals surface area (Å²) in [4.78, 5) is 11.5. The number of rotatable bonds is 3. The molecule has 0 spiro atoms. The molecule has 0 aliphatic heterocycles. The molecule has 2 heteroatoms. The van der Waals surface area contributed by atoms with Crippen LogP contribution in [0.5, 0.6) is 0 Å². The zero-order chi connectivity index (χ0) is 14.1. The average Bonchev–Trinajstić information content (AvgIpc) is 2.85. The molecule has 2 aromatic heterocycles. The van der Waals surface area contributed by atoms with Crippen molar-refractivity contribution in [1.82, 2.24) is 4.40 Å². The summed E-state index contributed by atoms with van der Waals surface area (Å²) in [7, 11) is 0. The van der Waals surface area contributed by atoms with Gasteiger partial charge in [-0.1, -0.05) is 37.3 Å². The monoisotopic (exact) mass is 263 g/mol. The van der Waals surface area contributed by atoms with Gasteiger partial charge >= 0.3 is 0 Å². The van der Waals surface area contributed by atoms with Crippen LogP contribution in [0.15, 0.2) is 48.7 Å². The first-order valence-corrected chi connectivity index (χ1v) is 6.89. The molecular formula is C18H17NO. The number of pyridine rings is 1. The van der Waals surface area contributed by atoms with Crippen LogP contribution < -0.4 is 0 Å². The third-order valence-corrected chi connectivity index (χ3v) is 3.74. The SMILES string of the molecule is CCc1ccc(-c2cc3ccc(C)cn3c2C=O)cc1. The van der Waals surface area contributed by atoms with Crippen LogP contribution in [-0.2, 0) is 6.42 Å². The molecule has 0 aliphatic rings. The van der Waals surface area contributed by atoms with Crippen molar-refractivity contribution in [2.75, 3.05) is 0 Å². The van der Waals surface area contributed by atoms with Gasteiger partial charge in [-0.2, -0.15) is 0 Å². The van der Waals surface area contributed by atoms with Crippen molar-refractivity contribution >= 4 is 11.8 Å². The Bertz CT molecular complexity index is 766. The molecule has 0 aliphatic carbocycles. The summed E-state index contributed by atoms with van der Waals surface area (Å²) in [6.45, 7) is 4.17. The van der Waals surface area contributed by atoms with E-state index in [0.29, 0.717) is 5.69 Å². The molecule has 0 fully saturated rings. The standard InChI is InChI=1S/C18H17NO/c1-3-14-5-7-15(8-6-14)17-10-16-9-4-13(2)11-19(16)18(17)12-20/h4-12H,3H2,1-2H3.